The molecule has 1 fully saturated rings. The molecular formula is C15H22N2S. The van der Waals surface area contributed by atoms with Crippen molar-refractivity contribution >= 4 is 23.0 Å². The van der Waals surface area contributed by atoms with Crippen LogP contribution in [0.5, 0.6) is 0 Å². The van der Waals surface area contributed by atoms with Gasteiger partial charge in [-0.15, -0.1) is 0 Å². The lowest BCUT2D eigenvalue weighted by atomic mass is 10.0. The molecule has 0 amide bonds. The molecule has 0 aromatic heterocycles. The maximum absolute atomic E-state index is 5.57. The first-order chi connectivity index (χ1) is 8.72. The second kappa shape index (κ2) is 6.19. The average molecular weight is 262 g/mol. The van der Waals surface area contributed by atoms with Gasteiger partial charge in [0.05, 0.1) is 0 Å². The van der Waals surface area contributed by atoms with Crippen molar-refractivity contribution < 1.29 is 0 Å². The number of nitrogens with one attached hydrogen (secondary N) is 1. The number of likely N-dealkylation sites (tertiary alicyclic amines) is 1. The number of benzene rings is 1. The largest absolute Gasteiger partial charge is 0.346 e. The summed E-state index contributed by atoms with van der Waals surface area (Å²) in [6, 6.07) is 8.92. The average Bonchev–Trinajstić information content (AvgIpc) is 2.41. The van der Waals surface area contributed by atoms with E-state index in [2.05, 4.69) is 42.3 Å². The molecule has 0 radical (unpaired) electrons. The zero-order valence-electron chi connectivity index (χ0n) is 11.3. The molecule has 1 aliphatic heterocycles. The molecule has 1 saturated heterocycles. The molecule has 98 valence electrons. The minimum absolute atomic E-state index is 0.614. The van der Waals surface area contributed by atoms with Crippen LogP contribution >= 0.6 is 12.2 Å². The molecular weight excluding hydrogens is 240 g/mol. The van der Waals surface area contributed by atoms with E-state index in [1.807, 2.05) is 6.07 Å². The topological polar surface area (TPSA) is 15.3 Å². The zero-order valence-corrected chi connectivity index (χ0v) is 12.1. The Hall–Kier alpha value is -1.09. The Kier molecular flexibility index (Phi) is 4.59. The molecule has 1 N–H and O–H groups in total. The van der Waals surface area contributed by atoms with Crippen LogP contribution in [0.1, 0.15) is 38.2 Å². The van der Waals surface area contributed by atoms with E-state index in [0.717, 1.165) is 17.3 Å². The summed E-state index contributed by atoms with van der Waals surface area (Å²) in [6.07, 6.45) is 5.04. The molecule has 0 aliphatic carbocycles. The van der Waals surface area contributed by atoms with Crippen LogP contribution in [0.25, 0.3) is 0 Å². The Labute approximate surface area is 115 Å². The van der Waals surface area contributed by atoms with Gasteiger partial charge in [-0.25, -0.2) is 0 Å². The van der Waals surface area contributed by atoms with Gasteiger partial charge in [-0.3, -0.25) is 0 Å². The Balaban J connectivity index is 2.05. The number of thiocarbonyl (C=S) groups is 1. The van der Waals surface area contributed by atoms with Crippen LogP contribution in [0.2, 0.25) is 0 Å². The first-order valence-corrected chi connectivity index (χ1v) is 7.26. The minimum atomic E-state index is 0.614. The molecule has 18 heavy (non-hydrogen) atoms. The van der Waals surface area contributed by atoms with Gasteiger partial charge in [-0.1, -0.05) is 25.1 Å². The summed E-state index contributed by atoms with van der Waals surface area (Å²) in [6.45, 7) is 5.45. The second-order valence-electron chi connectivity index (χ2n) is 5.00. The molecule has 1 aromatic carbocycles. The second-order valence-corrected chi connectivity index (χ2v) is 5.38. The molecule has 0 saturated carbocycles. The number of aryl methyl sites for hydroxylation is 1. The molecule has 1 atom stereocenters. The van der Waals surface area contributed by atoms with Crippen LogP contribution in [-0.2, 0) is 0 Å². The van der Waals surface area contributed by atoms with E-state index in [0.29, 0.717) is 6.04 Å². The highest BCUT2D eigenvalue weighted by Crippen LogP contribution is 2.21. The molecule has 2 rings (SSSR count). The summed E-state index contributed by atoms with van der Waals surface area (Å²) >= 11 is 5.57. The van der Waals surface area contributed by atoms with Crippen molar-refractivity contribution in [3.63, 3.8) is 0 Å². The molecule has 3 heteroatoms. The van der Waals surface area contributed by atoms with Gasteiger partial charge < -0.3 is 10.2 Å². The minimum Gasteiger partial charge on any atom is -0.346 e. The Bertz CT molecular complexity index is 417. The predicted molar refractivity (Wildman–Crippen MR) is 82.0 cm³/mol. The zero-order chi connectivity index (χ0) is 13.0. The quantitative estimate of drug-likeness (QED) is 0.812. The van der Waals surface area contributed by atoms with Gasteiger partial charge in [0, 0.05) is 18.3 Å². The Morgan fingerprint density at radius 2 is 2.17 bits per heavy atom. The number of hydrogen-bond donors (Lipinski definition) is 1. The fourth-order valence-electron chi connectivity index (χ4n) is 2.59. The third-order valence-electron chi connectivity index (χ3n) is 3.75. The first kappa shape index (κ1) is 13.3. The standard InChI is InChI=1S/C15H22N2S/c1-3-13-9-6-7-11-17(13)15(18)16-14-10-5-4-8-12(14)2/h4-5,8,10,13H,3,6-7,9,11H2,1-2H3,(H,16,18). The highest BCUT2D eigenvalue weighted by atomic mass is 32.1. The lowest BCUT2D eigenvalue weighted by Gasteiger charge is -2.37. The number of para-hydroxylation sites is 1. The van der Waals surface area contributed by atoms with Crippen molar-refractivity contribution in [3.8, 4) is 0 Å². The van der Waals surface area contributed by atoms with E-state index in [-0.39, 0.29) is 0 Å². The van der Waals surface area contributed by atoms with Crippen molar-refractivity contribution in [1.29, 1.82) is 0 Å². The van der Waals surface area contributed by atoms with Crippen LogP contribution in [-0.4, -0.2) is 22.6 Å². The maximum atomic E-state index is 5.57. The molecule has 1 aliphatic rings. The number of rotatable bonds is 2. The van der Waals surface area contributed by atoms with Crippen molar-refractivity contribution in [3.05, 3.63) is 29.8 Å². The lowest BCUT2D eigenvalue weighted by molar-refractivity contribution is 0.239. The van der Waals surface area contributed by atoms with Crippen molar-refractivity contribution in [1.82, 2.24) is 4.90 Å². The Morgan fingerprint density at radius 3 is 2.89 bits per heavy atom. The maximum Gasteiger partial charge on any atom is 0.173 e. The first-order valence-electron chi connectivity index (χ1n) is 6.85. The van der Waals surface area contributed by atoms with E-state index in [4.69, 9.17) is 12.2 Å². The summed E-state index contributed by atoms with van der Waals surface area (Å²) < 4.78 is 0. The van der Waals surface area contributed by atoms with Crippen LogP contribution in [0.15, 0.2) is 24.3 Å². The van der Waals surface area contributed by atoms with Crippen LogP contribution in [0.3, 0.4) is 0 Å². The normalized spacial score (nSPS) is 19.7. The molecule has 1 unspecified atom stereocenters. The van der Waals surface area contributed by atoms with E-state index >= 15 is 0 Å². The molecule has 2 nitrogen and oxygen atoms in total. The van der Waals surface area contributed by atoms with Crippen LogP contribution in [0.4, 0.5) is 5.69 Å². The fourth-order valence-corrected chi connectivity index (χ4v) is 2.94. The summed E-state index contributed by atoms with van der Waals surface area (Å²) in [7, 11) is 0. The van der Waals surface area contributed by atoms with Gasteiger partial charge in [0.2, 0.25) is 0 Å². The smallest absolute Gasteiger partial charge is 0.173 e. The highest BCUT2D eigenvalue weighted by molar-refractivity contribution is 7.80. The molecule has 1 aromatic rings. The third kappa shape index (κ3) is 3.02. The highest BCUT2D eigenvalue weighted by Gasteiger charge is 2.22. The van der Waals surface area contributed by atoms with E-state index < -0.39 is 0 Å². The predicted octanol–water partition coefficient (Wildman–Crippen LogP) is 3.96. The summed E-state index contributed by atoms with van der Waals surface area (Å²) in [4.78, 5) is 2.37. The molecule has 0 bridgehead atoms. The van der Waals surface area contributed by atoms with Gasteiger partial charge in [0.15, 0.2) is 5.11 Å². The van der Waals surface area contributed by atoms with Crippen LogP contribution < -0.4 is 5.32 Å². The van der Waals surface area contributed by atoms with Gasteiger partial charge in [0.25, 0.3) is 0 Å². The monoisotopic (exact) mass is 262 g/mol. The van der Waals surface area contributed by atoms with E-state index in [1.54, 1.807) is 0 Å². The Morgan fingerprint density at radius 1 is 1.39 bits per heavy atom. The number of piperidine rings is 1. The van der Waals surface area contributed by atoms with Gasteiger partial charge in [-0.05, 0) is 56.5 Å². The van der Waals surface area contributed by atoms with E-state index in [9.17, 15) is 0 Å². The van der Waals surface area contributed by atoms with Gasteiger partial charge in [0.1, 0.15) is 0 Å². The number of nitrogens with zero attached hydrogens (tertiary/aromatic N) is 1. The van der Waals surface area contributed by atoms with Crippen molar-refractivity contribution in [2.75, 3.05) is 11.9 Å². The summed E-state index contributed by atoms with van der Waals surface area (Å²) in [5, 5.41) is 4.29. The number of anilines is 1. The lowest BCUT2D eigenvalue weighted by Crippen LogP contribution is -2.45. The van der Waals surface area contributed by atoms with Crippen molar-refractivity contribution in [2.24, 2.45) is 0 Å². The van der Waals surface area contributed by atoms with Gasteiger partial charge in [-0.2, -0.15) is 0 Å². The van der Waals surface area contributed by atoms with Crippen LogP contribution in [0, 0.1) is 6.92 Å². The third-order valence-corrected chi connectivity index (χ3v) is 4.08. The fraction of sp³-hybridized carbons (Fsp3) is 0.533. The SMILES string of the molecule is CCC1CCCCN1C(=S)Nc1ccccc1C. The summed E-state index contributed by atoms with van der Waals surface area (Å²) in [5.41, 5.74) is 2.37. The number of hydrogen-bond acceptors (Lipinski definition) is 1. The molecule has 0 spiro atoms. The summed E-state index contributed by atoms with van der Waals surface area (Å²) in [5.74, 6) is 0. The van der Waals surface area contributed by atoms with Gasteiger partial charge >= 0.3 is 0 Å². The molecule has 1 heterocycles. The van der Waals surface area contributed by atoms with Crippen molar-refractivity contribution in [2.45, 2.75) is 45.6 Å². The van der Waals surface area contributed by atoms with E-state index in [1.165, 1.54) is 31.2 Å².